The fourth-order valence-electron chi connectivity index (χ4n) is 3.50. The minimum atomic E-state index is -3.51. The van der Waals surface area contributed by atoms with Crippen LogP contribution in [0.5, 0.6) is 5.75 Å². The van der Waals surface area contributed by atoms with Gasteiger partial charge in [0.15, 0.2) is 11.6 Å². The highest BCUT2D eigenvalue weighted by Crippen LogP contribution is 2.31. The molecule has 31 heavy (non-hydrogen) atoms. The average molecular weight is 458 g/mol. The number of carbonyl (C=O) groups excluding carboxylic acids is 1. The SMILES string of the molecule is C[C@@H](NS(=O)(=O)CCCCCN1CC(O)N(C)C1=O)c1ccc(F)c(OCC2CC2)c1. The third-order valence-electron chi connectivity index (χ3n) is 5.73. The smallest absolute Gasteiger partial charge is 0.322 e. The number of ether oxygens (including phenoxy) is 1. The third-order valence-corrected chi connectivity index (χ3v) is 7.27. The number of β-amino-alcohol motifs (C(OH)–C–C–N with tert-alkyl or cyclic N) is 1. The van der Waals surface area contributed by atoms with Crippen molar-refractivity contribution in [2.45, 2.75) is 51.3 Å². The van der Waals surface area contributed by atoms with Gasteiger partial charge in [-0.25, -0.2) is 22.3 Å². The molecule has 0 bridgehead atoms. The van der Waals surface area contributed by atoms with E-state index in [9.17, 15) is 22.7 Å². The molecule has 0 aromatic heterocycles. The Morgan fingerprint density at radius 2 is 2.03 bits per heavy atom. The van der Waals surface area contributed by atoms with Crippen LogP contribution in [0.3, 0.4) is 0 Å². The second-order valence-electron chi connectivity index (χ2n) is 8.48. The maximum Gasteiger partial charge on any atom is 0.322 e. The second kappa shape index (κ2) is 10.1. The van der Waals surface area contributed by atoms with E-state index in [1.54, 1.807) is 31.0 Å². The van der Waals surface area contributed by atoms with Crippen molar-refractivity contribution in [3.05, 3.63) is 29.6 Å². The molecule has 1 aromatic rings. The van der Waals surface area contributed by atoms with Crippen molar-refractivity contribution >= 4 is 16.1 Å². The molecule has 2 fully saturated rings. The van der Waals surface area contributed by atoms with Crippen LogP contribution < -0.4 is 9.46 Å². The number of amides is 2. The Morgan fingerprint density at radius 3 is 2.68 bits per heavy atom. The zero-order valence-electron chi connectivity index (χ0n) is 18.1. The number of carbonyl (C=O) groups is 1. The van der Waals surface area contributed by atoms with E-state index in [2.05, 4.69) is 4.72 Å². The normalized spacial score (nSPS) is 20.4. The molecule has 1 aromatic carbocycles. The molecule has 2 atom stereocenters. The highest BCUT2D eigenvalue weighted by Gasteiger charge is 2.32. The summed E-state index contributed by atoms with van der Waals surface area (Å²) in [6.45, 7) is 2.97. The van der Waals surface area contributed by atoms with Crippen LogP contribution in [0.4, 0.5) is 9.18 Å². The summed E-state index contributed by atoms with van der Waals surface area (Å²) < 4.78 is 47.0. The number of urea groups is 1. The van der Waals surface area contributed by atoms with Crippen LogP contribution in [-0.4, -0.2) is 68.1 Å². The first-order valence-electron chi connectivity index (χ1n) is 10.8. The van der Waals surface area contributed by atoms with Gasteiger partial charge in [-0.05, 0) is 56.2 Å². The summed E-state index contributed by atoms with van der Waals surface area (Å²) in [5.74, 6) is 0.172. The maximum atomic E-state index is 14.0. The molecular weight excluding hydrogens is 425 g/mol. The molecule has 1 unspecified atom stereocenters. The van der Waals surface area contributed by atoms with Crippen molar-refractivity contribution in [3.63, 3.8) is 0 Å². The van der Waals surface area contributed by atoms with E-state index in [1.165, 1.54) is 11.0 Å². The van der Waals surface area contributed by atoms with Crippen molar-refractivity contribution in [2.75, 3.05) is 32.5 Å². The standard InChI is InChI=1S/C21H32FN3O5S/c1-15(17-8-9-18(22)19(12-17)30-14-16-6-7-16)23-31(28,29)11-5-3-4-10-25-13-20(26)24(2)21(25)27/h8-9,12,15-16,20,23,26H,3-7,10-11,13-14H2,1-2H3/t15-,20?/m1/s1. The Hall–Kier alpha value is -1.91. The van der Waals surface area contributed by atoms with Crippen LogP contribution in [0.25, 0.3) is 0 Å². The van der Waals surface area contributed by atoms with Gasteiger partial charge in [0.1, 0.15) is 6.23 Å². The number of likely N-dealkylation sites (N-methyl/N-ethyl adjacent to an activating group) is 1. The highest BCUT2D eigenvalue weighted by atomic mass is 32.2. The lowest BCUT2D eigenvalue weighted by Crippen LogP contribution is -2.31. The van der Waals surface area contributed by atoms with E-state index >= 15 is 0 Å². The lowest BCUT2D eigenvalue weighted by Gasteiger charge is -2.17. The van der Waals surface area contributed by atoms with Gasteiger partial charge < -0.3 is 19.6 Å². The number of aliphatic hydroxyl groups excluding tert-OH is 1. The van der Waals surface area contributed by atoms with Gasteiger partial charge in [-0.2, -0.15) is 0 Å². The Bertz CT molecular complexity index is 878. The molecule has 174 valence electrons. The minimum absolute atomic E-state index is 0.0277. The zero-order valence-corrected chi connectivity index (χ0v) is 18.9. The summed E-state index contributed by atoms with van der Waals surface area (Å²) >= 11 is 0. The topological polar surface area (TPSA) is 99.2 Å². The maximum absolute atomic E-state index is 14.0. The molecule has 2 amide bonds. The fraction of sp³-hybridized carbons (Fsp3) is 0.667. The Kier molecular flexibility index (Phi) is 7.77. The van der Waals surface area contributed by atoms with Crippen LogP contribution in [0.2, 0.25) is 0 Å². The largest absolute Gasteiger partial charge is 0.490 e. The second-order valence-corrected chi connectivity index (χ2v) is 10.4. The van der Waals surface area contributed by atoms with Crippen molar-refractivity contribution in [2.24, 2.45) is 5.92 Å². The molecule has 8 nitrogen and oxygen atoms in total. The van der Waals surface area contributed by atoms with Crippen LogP contribution in [0, 0.1) is 11.7 Å². The summed E-state index contributed by atoms with van der Waals surface area (Å²) in [5.41, 5.74) is 0.644. The first kappa shape index (κ1) is 23.7. The lowest BCUT2D eigenvalue weighted by molar-refractivity contribution is 0.0791. The van der Waals surface area contributed by atoms with Crippen molar-refractivity contribution in [1.29, 1.82) is 0 Å². The average Bonchev–Trinajstić information content (AvgIpc) is 3.51. The van der Waals surface area contributed by atoms with Gasteiger partial charge >= 0.3 is 6.03 Å². The zero-order chi connectivity index (χ0) is 22.6. The molecule has 0 radical (unpaired) electrons. The third kappa shape index (κ3) is 6.78. The van der Waals surface area contributed by atoms with Gasteiger partial charge in [-0.3, -0.25) is 0 Å². The number of sulfonamides is 1. The van der Waals surface area contributed by atoms with Crippen molar-refractivity contribution < 1.29 is 27.4 Å². The summed E-state index contributed by atoms with van der Waals surface area (Å²) in [5, 5.41) is 9.66. The highest BCUT2D eigenvalue weighted by molar-refractivity contribution is 7.89. The van der Waals surface area contributed by atoms with E-state index in [0.29, 0.717) is 43.9 Å². The molecule has 0 spiro atoms. The number of hydrogen-bond donors (Lipinski definition) is 2. The molecule has 2 aliphatic rings. The first-order valence-corrected chi connectivity index (χ1v) is 12.4. The Balaban J connectivity index is 1.41. The number of aliphatic hydroxyl groups is 1. The molecule has 1 heterocycles. The molecule has 3 rings (SSSR count). The quantitative estimate of drug-likeness (QED) is 0.470. The molecule has 1 saturated carbocycles. The van der Waals surface area contributed by atoms with Gasteiger partial charge in [0.2, 0.25) is 10.0 Å². The Morgan fingerprint density at radius 1 is 1.29 bits per heavy atom. The van der Waals surface area contributed by atoms with Gasteiger partial charge in [0.25, 0.3) is 0 Å². The number of nitrogens with zero attached hydrogens (tertiary/aromatic N) is 2. The molecule has 1 saturated heterocycles. The van der Waals surface area contributed by atoms with Crippen LogP contribution in [0.15, 0.2) is 18.2 Å². The number of hydrogen-bond acceptors (Lipinski definition) is 5. The molecule has 10 heteroatoms. The minimum Gasteiger partial charge on any atom is -0.490 e. The predicted molar refractivity (Wildman–Crippen MR) is 115 cm³/mol. The number of nitrogens with one attached hydrogen (secondary N) is 1. The summed E-state index contributed by atoms with van der Waals surface area (Å²) in [6, 6.07) is 3.70. The molecular formula is C21H32FN3O5S. The van der Waals surface area contributed by atoms with Gasteiger partial charge in [-0.1, -0.05) is 12.5 Å². The van der Waals surface area contributed by atoms with E-state index < -0.39 is 28.1 Å². The van der Waals surface area contributed by atoms with E-state index in [0.717, 1.165) is 12.8 Å². The predicted octanol–water partition coefficient (Wildman–Crippen LogP) is 2.45. The lowest BCUT2D eigenvalue weighted by atomic mass is 10.1. The van der Waals surface area contributed by atoms with Crippen molar-refractivity contribution in [1.82, 2.24) is 14.5 Å². The van der Waals surface area contributed by atoms with E-state index in [1.807, 2.05) is 0 Å². The van der Waals surface area contributed by atoms with Crippen LogP contribution >= 0.6 is 0 Å². The van der Waals surface area contributed by atoms with Crippen LogP contribution in [-0.2, 0) is 10.0 Å². The summed E-state index contributed by atoms with van der Waals surface area (Å²) in [6.07, 6.45) is 3.19. The fourth-order valence-corrected chi connectivity index (χ4v) is 4.87. The van der Waals surface area contributed by atoms with E-state index in [4.69, 9.17) is 4.74 Å². The van der Waals surface area contributed by atoms with Gasteiger partial charge in [-0.15, -0.1) is 0 Å². The number of rotatable bonds is 12. The van der Waals surface area contributed by atoms with Gasteiger partial charge in [0, 0.05) is 19.6 Å². The monoisotopic (exact) mass is 457 g/mol. The number of halogens is 1. The first-order chi connectivity index (χ1) is 14.7. The summed E-state index contributed by atoms with van der Waals surface area (Å²) in [4.78, 5) is 14.7. The number of benzene rings is 1. The Labute approximate surface area is 183 Å². The van der Waals surface area contributed by atoms with Crippen LogP contribution in [0.1, 0.15) is 50.6 Å². The van der Waals surface area contributed by atoms with Gasteiger partial charge in [0.05, 0.1) is 18.9 Å². The van der Waals surface area contributed by atoms with Crippen molar-refractivity contribution in [3.8, 4) is 5.75 Å². The molecule has 1 aliphatic carbocycles. The molecule has 2 N–H and O–H groups in total. The van der Waals surface area contributed by atoms with E-state index in [-0.39, 0.29) is 24.1 Å². The molecule has 1 aliphatic heterocycles. The summed E-state index contributed by atoms with van der Waals surface area (Å²) in [7, 11) is -1.96. The number of unbranched alkanes of at least 4 members (excludes halogenated alkanes) is 2.